The van der Waals surface area contributed by atoms with Gasteiger partial charge in [-0.15, -0.1) is 0 Å². The molecule has 0 bridgehead atoms. The van der Waals surface area contributed by atoms with Crippen molar-refractivity contribution < 1.29 is 27.0 Å². The first-order valence-corrected chi connectivity index (χ1v) is 7.85. The third-order valence-electron chi connectivity index (χ3n) is 3.92. The zero-order valence-electron chi connectivity index (χ0n) is 13.2. The predicted molar refractivity (Wildman–Crippen MR) is 83.8 cm³/mol. The van der Waals surface area contributed by atoms with Crippen LogP contribution in [-0.4, -0.2) is 25.8 Å². The van der Waals surface area contributed by atoms with E-state index in [1.54, 1.807) is 12.1 Å². The van der Waals surface area contributed by atoms with E-state index in [-0.39, 0.29) is 11.9 Å². The second-order valence-corrected chi connectivity index (χ2v) is 5.73. The highest BCUT2D eigenvalue weighted by atomic mass is 19.4. The van der Waals surface area contributed by atoms with Crippen LogP contribution in [0.4, 0.5) is 17.6 Å². The molecule has 1 unspecified atom stereocenters. The summed E-state index contributed by atoms with van der Waals surface area (Å²) in [5.41, 5.74) is -0.189. The Hall–Kier alpha value is -2.12. The Bertz CT molecular complexity index is 697. The van der Waals surface area contributed by atoms with Crippen LogP contribution in [0.1, 0.15) is 17.2 Å². The molecule has 134 valence electrons. The molecule has 25 heavy (non-hydrogen) atoms. The van der Waals surface area contributed by atoms with E-state index in [9.17, 15) is 17.6 Å². The van der Waals surface area contributed by atoms with Crippen molar-refractivity contribution in [2.75, 3.05) is 19.7 Å². The molecule has 1 N–H and O–H groups in total. The maximum absolute atomic E-state index is 13.6. The fourth-order valence-corrected chi connectivity index (χ4v) is 2.69. The summed E-state index contributed by atoms with van der Waals surface area (Å²) in [6.45, 7) is 1.68. The van der Waals surface area contributed by atoms with Crippen molar-refractivity contribution >= 4 is 0 Å². The van der Waals surface area contributed by atoms with Gasteiger partial charge in [0.2, 0.25) is 0 Å². The van der Waals surface area contributed by atoms with Gasteiger partial charge in [-0.2, -0.15) is 13.2 Å². The zero-order chi connectivity index (χ0) is 17.9. The first-order chi connectivity index (χ1) is 11.9. The number of benzene rings is 2. The van der Waals surface area contributed by atoms with Crippen molar-refractivity contribution in [1.29, 1.82) is 0 Å². The molecule has 2 aromatic rings. The van der Waals surface area contributed by atoms with Gasteiger partial charge in [0.25, 0.3) is 0 Å². The molecule has 2 atom stereocenters. The summed E-state index contributed by atoms with van der Waals surface area (Å²) in [5, 5.41) is 3.17. The molecule has 3 rings (SSSR count). The summed E-state index contributed by atoms with van der Waals surface area (Å²) in [7, 11) is 0. The molecule has 0 spiro atoms. The third-order valence-corrected chi connectivity index (χ3v) is 3.92. The Balaban J connectivity index is 1.84. The van der Waals surface area contributed by atoms with Crippen molar-refractivity contribution in [3.8, 4) is 5.75 Å². The summed E-state index contributed by atoms with van der Waals surface area (Å²) < 4.78 is 63.2. The van der Waals surface area contributed by atoms with Crippen LogP contribution in [0.15, 0.2) is 48.5 Å². The van der Waals surface area contributed by atoms with Crippen LogP contribution in [0, 0.1) is 5.82 Å². The van der Waals surface area contributed by atoms with Crippen LogP contribution in [0.5, 0.6) is 5.75 Å². The van der Waals surface area contributed by atoms with Crippen LogP contribution in [-0.2, 0) is 10.9 Å². The number of alkyl halides is 3. The number of rotatable bonds is 4. The van der Waals surface area contributed by atoms with Crippen LogP contribution >= 0.6 is 0 Å². The van der Waals surface area contributed by atoms with Crippen LogP contribution in [0.25, 0.3) is 0 Å². The Kier molecular flexibility index (Phi) is 5.24. The van der Waals surface area contributed by atoms with Gasteiger partial charge < -0.3 is 14.8 Å². The fraction of sp³-hybridized carbons (Fsp3) is 0.333. The fourth-order valence-electron chi connectivity index (χ4n) is 2.69. The standard InChI is InChI=1S/C18H17F4NO2/c19-14-3-1-2-12(10-14)17(16-11-23-8-9-24-16)25-15-6-4-13(5-7-15)18(20,21)22/h1-7,10,16-17,23H,8-9,11H2/t16-,17?/m0/s1. The van der Waals surface area contributed by atoms with E-state index in [0.29, 0.717) is 25.3 Å². The van der Waals surface area contributed by atoms with Gasteiger partial charge in [-0.3, -0.25) is 0 Å². The van der Waals surface area contributed by atoms with Gasteiger partial charge in [0.05, 0.1) is 12.2 Å². The van der Waals surface area contributed by atoms with Crippen molar-refractivity contribution in [3.63, 3.8) is 0 Å². The van der Waals surface area contributed by atoms with Crippen LogP contribution in [0.2, 0.25) is 0 Å². The summed E-state index contributed by atoms with van der Waals surface area (Å²) in [6.07, 6.45) is -5.42. The maximum atomic E-state index is 13.6. The maximum Gasteiger partial charge on any atom is 0.416 e. The van der Waals surface area contributed by atoms with Crippen molar-refractivity contribution in [1.82, 2.24) is 5.32 Å². The van der Waals surface area contributed by atoms with Crippen LogP contribution < -0.4 is 10.1 Å². The summed E-state index contributed by atoms with van der Waals surface area (Å²) in [4.78, 5) is 0. The minimum atomic E-state index is -4.41. The zero-order valence-corrected chi connectivity index (χ0v) is 13.2. The number of morpholine rings is 1. The molecular weight excluding hydrogens is 338 g/mol. The van der Waals surface area contributed by atoms with E-state index in [2.05, 4.69) is 5.32 Å². The van der Waals surface area contributed by atoms with Gasteiger partial charge in [-0.1, -0.05) is 12.1 Å². The highest BCUT2D eigenvalue weighted by Crippen LogP contribution is 2.32. The summed E-state index contributed by atoms with van der Waals surface area (Å²) in [5.74, 6) is -0.154. The van der Waals surface area contributed by atoms with E-state index >= 15 is 0 Å². The molecule has 0 aliphatic carbocycles. The van der Waals surface area contributed by atoms with Gasteiger partial charge in [-0.05, 0) is 42.0 Å². The second-order valence-electron chi connectivity index (χ2n) is 5.73. The molecule has 1 fully saturated rings. The monoisotopic (exact) mass is 355 g/mol. The number of nitrogens with one attached hydrogen (secondary N) is 1. The lowest BCUT2D eigenvalue weighted by molar-refractivity contribution is -0.137. The third kappa shape index (κ3) is 4.49. The van der Waals surface area contributed by atoms with Gasteiger partial charge >= 0.3 is 6.18 Å². The van der Waals surface area contributed by atoms with Crippen molar-refractivity contribution in [3.05, 3.63) is 65.5 Å². The molecule has 0 radical (unpaired) electrons. The minimum Gasteiger partial charge on any atom is -0.483 e. The lowest BCUT2D eigenvalue weighted by atomic mass is 10.0. The Morgan fingerprint density at radius 1 is 1.12 bits per heavy atom. The van der Waals surface area contributed by atoms with Gasteiger partial charge in [0.15, 0.2) is 6.10 Å². The largest absolute Gasteiger partial charge is 0.483 e. The van der Waals surface area contributed by atoms with Gasteiger partial charge in [-0.25, -0.2) is 4.39 Å². The molecule has 1 aliphatic rings. The van der Waals surface area contributed by atoms with E-state index in [1.165, 1.54) is 24.3 Å². The quantitative estimate of drug-likeness (QED) is 0.843. The van der Waals surface area contributed by atoms with Gasteiger partial charge in [0.1, 0.15) is 17.7 Å². The Labute approximate surface area is 142 Å². The summed E-state index contributed by atoms with van der Waals surface area (Å²) in [6, 6.07) is 10.3. The Morgan fingerprint density at radius 3 is 2.48 bits per heavy atom. The SMILES string of the molecule is Fc1cccc(C(Oc2ccc(C(F)(F)F)cc2)[C@@H]2CNCCO2)c1. The van der Waals surface area contributed by atoms with Crippen molar-refractivity contribution in [2.24, 2.45) is 0 Å². The number of halogens is 4. The average Bonchev–Trinajstić information content (AvgIpc) is 2.60. The minimum absolute atomic E-state index is 0.261. The molecule has 0 aromatic heterocycles. The highest BCUT2D eigenvalue weighted by Gasteiger charge is 2.31. The Morgan fingerprint density at radius 2 is 1.88 bits per heavy atom. The number of hydrogen-bond donors (Lipinski definition) is 1. The molecule has 1 heterocycles. The number of hydrogen-bond acceptors (Lipinski definition) is 3. The lowest BCUT2D eigenvalue weighted by Crippen LogP contribution is -2.43. The first-order valence-electron chi connectivity index (χ1n) is 7.85. The van der Waals surface area contributed by atoms with Gasteiger partial charge in [0, 0.05) is 13.1 Å². The van der Waals surface area contributed by atoms with E-state index in [0.717, 1.165) is 12.1 Å². The average molecular weight is 355 g/mol. The first kappa shape index (κ1) is 17.7. The topological polar surface area (TPSA) is 30.5 Å². The molecule has 1 saturated heterocycles. The highest BCUT2D eigenvalue weighted by molar-refractivity contribution is 5.30. The molecule has 0 saturated carbocycles. The van der Waals surface area contributed by atoms with Crippen LogP contribution in [0.3, 0.4) is 0 Å². The predicted octanol–water partition coefficient (Wildman–Crippen LogP) is 3.95. The normalized spacial score (nSPS) is 19.4. The van der Waals surface area contributed by atoms with E-state index in [1.807, 2.05) is 0 Å². The van der Waals surface area contributed by atoms with Crippen molar-refractivity contribution in [2.45, 2.75) is 18.4 Å². The smallest absolute Gasteiger partial charge is 0.416 e. The molecule has 0 amide bonds. The molecule has 3 nitrogen and oxygen atoms in total. The summed E-state index contributed by atoms with van der Waals surface area (Å²) >= 11 is 0. The molecule has 2 aromatic carbocycles. The second kappa shape index (κ2) is 7.41. The van der Waals surface area contributed by atoms with E-state index in [4.69, 9.17) is 9.47 Å². The molecule has 1 aliphatic heterocycles. The van der Waals surface area contributed by atoms with E-state index < -0.39 is 23.7 Å². The molecule has 7 heteroatoms. The molecular formula is C18H17F4NO2. The number of ether oxygens (including phenoxy) is 2. The lowest BCUT2D eigenvalue weighted by Gasteiger charge is -2.31.